The highest BCUT2D eigenvalue weighted by Gasteiger charge is 2.07. The van der Waals surface area contributed by atoms with E-state index in [0.29, 0.717) is 10.2 Å². The summed E-state index contributed by atoms with van der Waals surface area (Å²) in [6, 6.07) is 7.67. The maximum absolute atomic E-state index is 13.2. The molecule has 18 heavy (non-hydrogen) atoms. The average molecular weight is 331 g/mol. The van der Waals surface area contributed by atoms with Gasteiger partial charge < -0.3 is 9.84 Å². The van der Waals surface area contributed by atoms with Crippen molar-refractivity contribution in [2.75, 3.05) is 0 Å². The van der Waals surface area contributed by atoms with Crippen molar-refractivity contribution in [3.8, 4) is 5.75 Å². The van der Waals surface area contributed by atoms with Gasteiger partial charge in [-0.15, -0.1) is 11.3 Å². The molecule has 0 saturated carbocycles. The second kappa shape index (κ2) is 5.49. The molecule has 2 aromatic rings. The molecular formula is C12H8BrFO3S. The Bertz CT molecular complexity index is 582. The molecule has 0 spiro atoms. The molecule has 0 amide bonds. The molecule has 0 aliphatic carbocycles. The standard InChI is InChI=1S/C12H8BrFO3S/c13-9-3-1-7(5-10(9)14)17-6-8-2-4-11(18-8)12(15)16/h1-5H,6H2,(H,15,16). The van der Waals surface area contributed by atoms with E-state index in [4.69, 9.17) is 9.84 Å². The Balaban J connectivity index is 2.02. The minimum absolute atomic E-state index is 0.221. The lowest BCUT2D eigenvalue weighted by atomic mass is 10.3. The number of ether oxygens (including phenoxy) is 1. The van der Waals surface area contributed by atoms with Crippen LogP contribution in [0.25, 0.3) is 0 Å². The maximum Gasteiger partial charge on any atom is 0.345 e. The van der Waals surface area contributed by atoms with Gasteiger partial charge in [0.1, 0.15) is 23.1 Å². The molecule has 94 valence electrons. The highest BCUT2D eigenvalue weighted by atomic mass is 79.9. The molecule has 3 nitrogen and oxygen atoms in total. The first-order chi connectivity index (χ1) is 8.56. The number of aromatic carboxylic acids is 1. The normalized spacial score (nSPS) is 10.3. The third-order valence-corrected chi connectivity index (χ3v) is 3.83. The predicted molar refractivity (Wildman–Crippen MR) is 69.7 cm³/mol. The summed E-state index contributed by atoms with van der Waals surface area (Å²) in [7, 11) is 0. The number of benzene rings is 1. The Kier molecular flexibility index (Phi) is 3.98. The topological polar surface area (TPSA) is 46.5 Å². The zero-order valence-electron chi connectivity index (χ0n) is 9.02. The quantitative estimate of drug-likeness (QED) is 0.923. The first-order valence-electron chi connectivity index (χ1n) is 4.96. The van der Waals surface area contributed by atoms with Crippen molar-refractivity contribution in [3.05, 3.63) is 50.4 Å². The minimum atomic E-state index is -0.957. The number of thiophene rings is 1. The van der Waals surface area contributed by atoms with Crippen LogP contribution in [-0.4, -0.2) is 11.1 Å². The molecule has 6 heteroatoms. The number of rotatable bonds is 4. The van der Waals surface area contributed by atoms with Gasteiger partial charge in [-0.1, -0.05) is 0 Å². The van der Waals surface area contributed by atoms with Gasteiger partial charge in [0.25, 0.3) is 0 Å². The van der Waals surface area contributed by atoms with Crippen LogP contribution in [0.4, 0.5) is 4.39 Å². The third-order valence-electron chi connectivity index (χ3n) is 2.14. The Morgan fingerprint density at radius 1 is 1.39 bits per heavy atom. The summed E-state index contributed by atoms with van der Waals surface area (Å²) in [6.45, 7) is 0.221. The monoisotopic (exact) mass is 330 g/mol. The smallest absolute Gasteiger partial charge is 0.345 e. The number of halogens is 2. The van der Waals surface area contributed by atoms with Gasteiger partial charge in [0.05, 0.1) is 4.47 Å². The van der Waals surface area contributed by atoms with E-state index in [1.54, 1.807) is 18.2 Å². The van der Waals surface area contributed by atoms with Crippen molar-refractivity contribution >= 4 is 33.2 Å². The van der Waals surface area contributed by atoms with Crippen LogP contribution in [0.15, 0.2) is 34.8 Å². The van der Waals surface area contributed by atoms with Crippen molar-refractivity contribution in [2.45, 2.75) is 6.61 Å². The van der Waals surface area contributed by atoms with Crippen molar-refractivity contribution in [1.29, 1.82) is 0 Å². The predicted octanol–water partition coefficient (Wildman–Crippen LogP) is 3.93. The summed E-state index contributed by atoms with van der Waals surface area (Å²) in [5.74, 6) is -0.952. The molecule has 1 heterocycles. The van der Waals surface area contributed by atoms with E-state index in [0.717, 1.165) is 16.2 Å². The van der Waals surface area contributed by atoms with E-state index >= 15 is 0 Å². The number of carboxylic acid groups (broad SMARTS) is 1. The lowest BCUT2D eigenvalue weighted by Gasteiger charge is -2.05. The van der Waals surface area contributed by atoms with E-state index in [1.807, 2.05) is 0 Å². The minimum Gasteiger partial charge on any atom is -0.488 e. The fraction of sp³-hybridized carbons (Fsp3) is 0.0833. The van der Waals surface area contributed by atoms with Gasteiger partial charge in [0.2, 0.25) is 0 Å². The zero-order chi connectivity index (χ0) is 13.1. The fourth-order valence-electron chi connectivity index (χ4n) is 1.29. The molecular weight excluding hydrogens is 323 g/mol. The van der Waals surface area contributed by atoms with Gasteiger partial charge in [0, 0.05) is 10.9 Å². The Hall–Kier alpha value is -1.40. The van der Waals surface area contributed by atoms with Crippen molar-refractivity contribution in [2.24, 2.45) is 0 Å². The SMILES string of the molecule is O=C(O)c1ccc(COc2ccc(Br)c(F)c2)s1. The van der Waals surface area contributed by atoms with Crippen LogP contribution in [0.5, 0.6) is 5.75 Å². The molecule has 0 unspecified atom stereocenters. The fourth-order valence-corrected chi connectivity index (χ4v) is 2.30. The van der Waals surface area contributed by atoms with E-state index in [2.05, 4.69) is 15.9 Å². The number of carbonyl (C=O) groups is 1. The van der Waals surface area contributed by atoms with E-state index in [1.165, 1.54) is 12.1 Å². The summed E-state index contributed by atoms with van der Waals surface area (Å²) in [6.07, 6.45) is 0. The molecule has 1 aromatic carbocycles. The second-order valence-corrected chi connectivity index (χ2v) is 5.46. The second-order valence-electron chi connectivity index (χ2n) is 3.44. The summed E-state index contributed by atoms with van der Waals surface area (Å²) in [5.41, 5.74) is 0. The lowest BCUT2D eigenvalue weighted by molar-refractivity contribution is 0.0702. The van der Waals surface area contributed by atoms with Crippen LogP contribution in [0.1, 0.15) is 14.5 Å². The van der Waals surface area contributed by atoms with Gasteiger partial charge in [-0.05, 0) is 40.2 Å². The van der Waals surface area contributed by atoms with E-state index in [-0.39, 0.29) is 11.5 Å². The van der Waals surface area contributed by atoms with Gasteiger partial charge in [-0.2, -0.15) is 0 Å². The molecule has 0 fully saturated rings. The van der Waals surface area contributed by atoms with Crippen LogP contribution in [0, 0.1) is 5.82 Å². The zero-order valence-corrected chi connectivity index (χ0v) is 11.4. The summed E-state index contributed by atoms with van der Waals surface area (Å²) >= 11 is 4.19. The Labute approximate surface area is 115 Å². The molecule has 0 saturated heterocycles. The van der Waals surface area contributed by atoms with Crippen molar-refractivity contribution < 1.29 is 19.0 Å². The third kappa shape index (κ3) is 3.08. The molecule has 1 N–H and O–H groups in total. The first-order valence-corrected chi connectivity index (χ1v) is 6.57. The van der Waals surface area contributed by atoms with Crippen LogP contribution >= 0.6 is 27.3 Å². The molecule has 0 bridgehead atoms. The summed E-state index contributed by atoms with van der Waals surface area (Å²) in [4.78, 5) is 11.7. The molecule has 1 aromatic heterocycles. The van der Waals surface area contributed by atoms with Gasteiger partial charge in [-0.25, -0.2) is 9.18 Å². The summed E-state index contributed by atoms with van der Waals surface area (Å²) in [5, 5.41) is 8.77. The van der Waals surface area contributed by atoms with Crippen LogP contribution < -0.4 is 4.74 Å². The summed E-state index contributed by atoms with van der Waals surface area (Å²) < 4.78 is 19.0. The largest absolute Gasteiger partial charge is 0.488 e. The molecule has 2 rings (SSSR count). The number of hydrogen-bond acceptors (Lipinski definition) is 3. The molecule has 0 radical (unpaired) electrons. The van der Waals surface area contributed by atoms with Crippen LogP contribution in [0.2, 0.25) is 0 Å². The first kappa shape index (κ1) is 13.0. The van der Waals surface area contributed by atoms with Crippen molar-refractivity contribution in [3.63, 3.8) is 0 Å². The maximum atomic E-state index is 13.2. The van der Waals surface area contributed by atoms with Gasteiger partial charge in [0.15, 0.2) is 0 Å². The Morgan fingerprint density at radius 3 is 2.78 bits per heavy atom. The Morgan fingerprint density at radius 2 is 2.17 bits per heavy atom. The highest BCUT2D eigenvalue weighted by Crippen LogP contribution is 2.23. The van der Waals surface area contributed by atoms with E-state index < -0.39 is 11.8 Å². The molecule has 0 aliphatic rings. The average Bonchev–Trinajstić information content (AvgIpc) is 2.79. The van der Waals surface area contributed by atoms with E-state index in [9.17, 15) is 9.18 Å². The lowest BCUT2D eigenvalue weighted by Crippen LogP contribution is -1.93. The number of hydrogen-bond donors (Lipinski definition) is 1. The number of carboxylic acids is 1. The van der Waals surface area contributed by atoms with Crippen LogP contribution in [-0.2, 0) is 6.61 Å². The van der Waals surface area contributed by atoms with Crippen molar-refractivity contribution in [1.82, 2.24) is 0 Å². The molecule has 0 aliphatic heterocycles. The molecule has 0 atom stereocenters. The van der Waals surface area contributed by atoms with Crippen LogP contribution in [0.3, 0.4) is 0 Å². The van der Waals surface area contributed by atoms with Gasteiger partial charge in [-0.3, -0.25) is 0 Å². The van der Waals surface area contributed by atoms with Gasteiger partial charge >= 0.3 is 5.97 Å². The highest BCUT2D eigenvalue weighted by molar-refractivity contribution is 9.10.